The summed E-state index contributed by atoms with van der Waals surface area (Å²) in [6.45, 7) is 8.06. The molecule has 0 aliphatic heterocycles. The molecule has 0 aromatic rings. The molecule has 0 N–H and O–H groups in total. The van der Waals surface area contributed by atoms with E-state index in [0.29, 0.717) is 5.92 Å². The summed E-state index contributed by atoms with van der Waals surface area (Å²) in [5, 5.41) is 0. The fraction of sp³-hybridized carbons (Fsp3) is 0.909. The number of hydrogen-bond donors (Lipinski definition) is 0. The van der Waals surface area contributed by atoms with Gasteiger partial charge >= 0.3 is 5.97 Å². The minimum atomic E-state index is -0.197. The van der Waals surface area contributed by atoms with Gasteiger partial charge in [-0.05, 0) is 38.0 Å². The third kappa shape index (κ3) is 2.71. The lowest BCUT2D eigenvalue weighted by atomic mass is 9.74. The number of carbonyl (C=O) groups is 1. The van der Waals surface area contributed by atoms with Gasteiger partial charge in [0.05, 0.1) is 0 Å². The maximum Gasteiger partial charge on any atom is 0.303 e. The fourth-order valence-electron chi connectivity index (χ4n) is 2.24. The minimum Gasteiger partial charge on any atom is -0.460 e. The van der Waals surface area contributed by atoms with E-state index in [0.717, 1.165) is 18.8 Å². The van der Waals surface area contributed by atoms with Gasteiger partial charge in [-0.3, -0.25) is 4.79 Å². The van der Waals surface area contributed by atoms with Gasteiger partial charge in [0.1, 0.15) is 5.60 Å². The van der Waals surface area contributed by atoms with Crippen LogP contribution in [0.1, 0.15) is 47.0 Å². The minimum absolute atomic E-state index is 0.149. The summed E-state index contributed by atoms with van der Waals surface area (Å²) in [6.07, 6.45) is 3.19. The first-order chi connectivity index (χ1) is 5.93. The Balaban J connectivity index is 2.56. The van der Waals surface area contributed by atoms with E-state index in [2.05, 4.69) is 20.8 Å². The van der Waals surface area contributed by atoms with Gasteiger partial charge in [0.15, 0.2) is 0 Å². The van der Waals surface area contributed by atoms with Crippen molar-refractivity contribution in [3.63, 3.8) is 0 Å². The Bertz CT molecular complexity index is 200. The molecule has 0 aromatic heterocycles. The smallest absolute Gasteiger partial charge is 0.303 e. The molecule has 2 heteroatoms. The highest BCUT2D eigenvalue weighted by Crippen LogP contribution is 2.38. The first-order valence-corrected chi connectivity index (χ1v) is 5.12. The molecule has 1 aliphatic carbocycles. The van der Waals surface area contributed by atoms with Gasteiger partial charge in [-0.2, -0.15) is 0 Å². The van der Waals surface area contributed by atoms with Gasteiger partial charge in [0.2, 0.25) is 0 Å². The van der Waals surface area contributed by atoms with E-state index in [9.17, 15) is 4.79 Å². The average molecular weight is 184 g/mol. The lowest BCUT2D eigenvalue weighted by Crippen LogP contribution is -2.38. The molecule has 0 aromatic carbocycles. The summed E-state index contributed by atoms with van der Waals surface area (Å²) in [4.78, 5) is 10.9. The van der Waals surface area contributed by atoms with Crippen molar-refractivity contribution in [1.29, 1.82) is 0 Å². The highest BCUT2D eigenvalue weighted by molar-refractivity contribution is 5.66. The topological polar surface area (TPSA) is 26.3 Å². The number of ether oxygens (including phenoxy) is 1. The number of hydrogen-bond acceptors (Lipinski definition) is 2. The number of rotatable bonds is 1. The standard InChI is InChI=1S/C11H20O2/c1-8-5-6-11(4,7-9(8)2)13-10(3)12/h8-9H,5-7H2,1-4H3. The molecule has 3 unspecified atom stereocenters. The second-order valence-electron chi connectivity index (χ2n) is 4.74. The number of esters is 1. The molecule has 1 rings (SSSR count). The third-order valence-electron chi connectivity index (χ3n) is 3.24. The summed E-state index contributed by atoms with van der Waals surface area (Å²) in [6, 6.07) is 0. The van der Waals surface area contributed by atoms with Crippen LogP contribution in [0.15, 0.2) is 0 Å². The largest absolute Gasteiger partial charge is 0.460 e. The Morgan fingerprint density at radius 3 is 2.46 bits per heavy atom. The molecule has 0 amide bonds. The second-order valence-corrected chi connectivity index (χ2v) is 4.74. The predicted molar refractivity (Wildman–Crippen MR) is 52.4 cm³/mol. The molecule has 1 saturated carbocycles. The van der Waals surface area contributed by atoms with Gasteiger partial charge < -0.3 is 4.74 Å². The van der Waals surface area contributed by atoms with Crippen molar-refractivity contribution in [2.75, 3.05) is 0 Å². The van der Waals surface area contributed by atoms with Crippen LogP contribution >= 0.6 is 0 Å². The van der Waals surface area contributed by atoms with Gasteiger partial charge in [0.25, 0.3) is 0 Å². The van der Waals surface area contributed by atoms with Gasteiger partial charge in [-0.15, -0.1) is 0 Å². The molecule has 3 atom stereocenters. The molecule has 1 fully saturated rings. The molecule has 1 aliphatic rings. The Labute approximate surface area is 80.7 Å². The van der Waals surface area contributed by atoms with E-state index in [1.165, 1.54) is 13.3 Å². The molecule has 0 bridgehead atoms. The molecular formula is C11H20O2. The summed E-state index contributed by atoms with van der Waals surface area (Å²) in [7, 11) is 0. The van der Waals surface area contributed by atoms with Crippen LogP contribution < -0.4 is 0 Å². The summed E-state index contributed by atoms with van der Waals surface area (Å²) in [5.74, 6) is 1.28. The van der Waals surface area contributed by atoms with Crippen LogP contribution in [0, 0.1) is 11.8 Å². The first-order valence-electron chi connectivity index (χ1n) is 5.12. The molecular weight excluding hydrogens is 164 g/mol. The van der Waals surface area contributed by atoms with E-state index in [4.69, 9.17) is 4.74 Å². The fourth-order valence-corrected chi connectivity index (χ4v) is 2.24. The van der Waals surface area contributed by atoms with E-state index >= 15 is 0 Å². The van der Waals surface area contributed by atoms with E-state index < -0.39 is 0 Å². The molecule has 0 saturated heterocycles. The highest BCUT2D eigenvalue weighted by Gasteiger charge is 2.36. The molecule has 0 radical (unpaired) electrons. The maximum absolute atomic E-state index is 10.9. The van der Waals surface area contributed by atoms with E-state index in [1.807, 2.05) is 0 Å². The Hall–Kier alpha value is -0.530. The van der Waals surface area contributed by atoms with Crippen molar-refractivity contribution in [3.05, 3.63) is 0 Å². The van der Waals surface area contributed by atoms with Crippen molar-refractivity contribution in [3.8, 4) is 0 Å². The van der Waals surface area contributed by atoms with E-state index in [-0.39, 0.29) is 11.6 Å². The van der Waals surface area contributed by atoms with Crippen molar-refractivity contribution in [2.24, 2.45) is 11.8 Å². The normalized spacial score (nSPS) is 40.0. The second kappa shape index (κ2) is 3.69. The highest BCUT2D eigenvalue weighted by atomic mass is 16.6. The summed E-state index contributed by atoms with van der Waals surface area (Å²) >= 11 is 0. The average Bonchev–Trinajstić information content (AvgIpc) is 1.96. The zero-order chi connectivity index (χ0) is 10.1. The molecule has 2 nitrogen and oxygen atoms in total. The van der Waals surface area contributed by atoms with Crippen molar-refractivity contribution in [2.45, 2.75) is 52.6 Å². The number of carbonyl (C=O) groups excluding carboxylic acids is 1. The van der Waals surface area contributed by atoms with Crippen LogP contribution in [0.5, 0.6) is 0 Å². The van der Waals surface area contributed by atoms with Gasteiger partial charge in [-0.1, -0.05) is 13.8 Å². The molecule has 0 spiro atoms. The zero-order valence-electron chi connectivity index (χ0n) is 9.09. The summed E-state index contributed by atoms with van der Waals surface area (Å²) < 4.78 is 5.36. The lowest BCUT2D eigenvalue weighted by Gasteiger charge is -2.39. The zero-order valence-corrected chi connectivity index (χ0v) is 9.09. The SMILES string of the molecule is CC(=O)OC1(C)CCC(C)C(C)C1. The van der Waals surface area contributed by atoms with E-state index in [1.54, 1.807) is 0 Å². The quantitative estimate of drug-likeness (QED) is 0.586. The van der Waals surface area contributed by atoms with Crippen LogP contribution in [0.4, 0.5) is 0 Å². The maximum atomic E-state index is 10.9. The van der Waals surface area contributed by atoms with Crippen LogP contribution in [-0.2, 0) is 9.53 Å². The third-order valence-corrected chi connectivity index (χ3v) is 3.24. The predicted octanol–water partition coefficient (Wildman–Crippen LogP) is 2.76. The first kappa shape index (κ1) is 10.6. The Morgan fingerprint density at radius 2 is 2.00 bits per heavy atom. The van der Waals surface area contributed by atoms with Crippen molar-refractivity contribution < 1.29 is 9.53 Å². The van der Waals surface area contributed by atoms with Crippen LogP contribution in [0.3, 0.4) is 0 Å². The van der Waals surface area contributed by atoms with Gasteiger partial charge in [0, 0.05) is 6.92 Å². The van der Waals surface area contributed by atoms with Crippen LogP contribution in [0.2, 0.25) is 0 Å². The monoisotopic (exact) mass is 184 g/mol. The van der Waals surface area contributed by atoms with Crippen LogP contribution in [0.25, 0.3) is 0 Å². The van der Waals surface area contributed by atoms with Crippen LogP contribution in [-0.4, -0.2) is 11.6 Å². The Morgan fingerprint density at radius 1 is 1.38 bits per heavy atom. The van der Waals surface area contributed by atoms with Crippen molar-refractivity contribution >= 4 is 5.97 Å². The molecule has 0 heterocycles. The summed E-state index contributed by atoms with van der Waals surface area (Å²) in [5.41, 5.74) is -0.197. The molecule has 76 valence electrons. The van der Waals surface area contributed by atoms with Gasteiger partial charge in [-0.25, -0.2) is 0 Å². The molecule has 13 heavy (non-hydrogen) atoms. The lowest BCUT2D eigenvalue weighted by molar-refractivity contribution is -0.161. The Kier molecular flexibility index (Phi) is 2.99. The van der Waals surface area contributed by atoms with Crippen molar-refractivity contribution in [1.82, 2.24) is 0 Å².